The van der Waals surface area contributed by atoms with Crippen molar-refractivity contribution in [3.63, 3.8) is 0 Å². The van der Waals surface area contributed by atoms with Crippen LogP contribution in [0.1, 0.15) is 30.4 Å². The molecule has 3 rings (SSSR count). The van der Waals surface area contributed by atoms with E-state index in [2.05, 4.69) is 10.3 Å². The third kappa shape index (κ3) is 3.42. The molecule has 0 saturated carbocycles. The number of thioether (sulfide) groups is 1. The average Bonchev–Trinajstić information content (AvgIpc) is 2.69. The molecule has 0 aliphatic carbocycles. The molecule has 1 atom stereocenters. The Labute approximate surface area is 167 Å². The maximum Gasteiger partial charge on any atom is 0.279 e. The Hall–Kier alpha value is -2.68. The SMILES string of the molecule is CCSc1nc(=O)c2c(n1C)NC(=O)CC2c1cc(OC)c(OC)c(OC)c1. The second-order valence-corrected chi connectivity index (χ2v) is 7.45. The van der Waals surface area contributed by atoms with Crippen LogP contribution in [0.4, 0.5) is 5.82 Å². The summed E-state index contributed by atoms with van der Waals surface area (Å²) < 4.78 is 18.0. The van der Waals surface area contributed by atoms with Crippen molar-refractivity contribution >= 4 is 23.5 Å². The number of methoxy groups -OCH3 is 3. The third-order valence-corrected chi connectivity index (χ3v) is 5.58. The van der Waals surface area contributed by atoms with Gasteiger partial charge in [0.05, 0.1) is 26.9 Å². The lowest BCUT2D eigenvalue weighted by molar-refractivity contribution is -0.116. The van der Waals surface area contributed by atoms with Crippen molar-refractivity contribution in [3.8, 4) is 17.2 Å². The molecule has 1 aliphatic rings. The van der Waals surface area contributed by atoms with Gasteiger partial charge in [0.1, 0.15) is 5.82 Å². The lowest BCUT2D eigenvalue weighted by atomic mass is 9.86. The average molecular weight is 405 g/mol. The summed E-state index contributed by atoms with van der Waals surface area (Å²) in [6.07, 6.45) is 0.128. The lowest BCUT2D eigenvalue weighted by Gasteiger charge is -2.28. The molecule has 0 fully saturated rings. The normalized spacial score (nSPS) is 15.6. The van der Waals surface area contributed by atoms with Crippen LogP contribution < -0.4 is 25.1 Å². The zero-order valence-corrected chi connectivity index (χ0v) is 17.3. The molecule has 150 valence electrons. The standard InChI is InChI=1S/C19H23N3O5S/c1-6-28-19-21-18(24)15-11(9-14(23)20-17(15)22(19)2)10-7-12(25-3)16(27-5)13(8-10)26-4/h7-8,11H,6,9H2,1-5H3,(H,20,23). The summed E-state index contributed by atoms with van der Waals surface area (Å²) in [7, 11) is 6.37. The van der Waals surface area contributed by atoms with E-state index in [4.69, 9.17) is 14.2 Å². The predicted molar refractivity (Wildman–Crippen MR) is 107 cm³/mol. The molecule has 0 bridgehead atoms. The van der Waals surface area contributed by atoms with Gasteiger partial charge in [0, 0.05) is 19.4 Å². The molecule has 0 saturated heterocycles. The lowest BCUT2D eigenvalue weighted by Crippen LogP contribution is -2.33. The van der Waals surface area contributed by atoms with Crippen molar-refractivity contribution < 1.29 is 19.0 Å². The van der Waals surface area contributed by atoms with Gasteiger partial charge >= 0.3 is 0 Å². The molecule has 1 aromatic heterocycles. The first-order chi connectivity index (χ1) is 13.4. The van der Waals surface area contributed by atoms with Crippen molar-refractivity contribution in [2.24, 2.45) is 7.05 Å². The van der Waals surface area contributed by atoms with Crippen LogP contribution in [0.3, 0.4) is 0 Å². The van der Waals surface area contributed by atoms with Gasteiger partial charge in [-0.2, -0.15) is 4.98 Å². The number of ether oxygens (including phenoxy) is 3. The number of aromatic nitrogens is 2. The number of anilines is 1. The zero-order valence-electron chi connectivity index (χ0n) is 16.5. The van der Waals surface area contributed by atoms with E-state index in [0.29, 0.717) is 33.8 Å². The van der Waals surface area contributed by atoms with Gasteiger partial charge in [-0.3, -0.25) is 9.59 Å². The minimum absolute atomic E-state index is 0.128. The van der Waals surface area contributed by atoms with E-state index in [1.807, 2.05) is 6.92 Å². The molecular formula is C19H23N3O5S. The van der Waals surface area contributed by atoms with Crippen LogP contribution in [-0.4, -0.2) is 42.5 Å². The van der Waals surface area contributed by atoms with Crippen LogP contribution in [-0.2, 0) is 11.8 Å². The van der Waals surface area contributed by atoms with Crippen LogP contribution in [0.15, 0.2) is 22.1 Å². The van der Waals surface area contributed by atoms with Crippen LogP contribution in [0.5, 0.6) is 17.2 Å². The molecule has 2 aromatic rings. The molecule has 1 aliphatic heterocycles. The number of amides is 1. The number of fused-ring (bicyclic) bond motifs is 1. The summed E-state index contributed by atoms with van der Waals surface area (Å²) >= 11 is 1.45. The minimum Gasteiger partial charge on any atom is -0.493 e. The monoisotopic (exact) mass is 405 g/mol. The summed E-state index contributed by atoms with van der Waals surface area (Å²) in [5.74, 6) is 1.99. The maximum atomic E-state index is 12.9. The smallest absolute Gasteiger partial charge is 0.279 e. The maximum absolute atomic E-state index is 12.9. The Morgan fingerprint density at radius 3 is 2.36 bits per heavy atom. The van der Waals surface area contributed by atoms with Gasteiger partial charge in [-0.15, -0.1) is 0 Å². The Balaban J connectivity index is 2.22. The minimum atomic E-state index is -0.468. The fourth-order valence-electron chi connectivity index (χ4n) is 3.38. The van der Waals surface area contributed by atoms with E-state index in [1.54, 1.807) is 23.7 Å². The Kier molecular flexibility index (Phi) is 5.83. The molecule has 0 spiro atoms. The van der Waals surface area contributed by atoms with E-state index >= 15 is 0 Å². The summed E-state index contributed by atoms with van der Waals surface area (Å²) in [5.41, 5.74) is 0.833. The largest absolute Gasteiger partial charge is 0.493 e. The second kappa shape index (κ2) is 8.14. The Bertz CT molecular complexity index is 948. The molecule has 8 nitrogen and oxygen atoms in total. The first-order valence-electron chi connectivity index (χ1n) is 8.78. The van der Waals surface area contributed by atoms with E-state index in [1.165, 1.54) is 33.1 Å². The molecule has 1 unspecified atom stereocenters. The molecular weight excluding hydrogens is 382 g/mol. The number of hydrogen-bond acceptors (Lipinski definition) is 7. The van der Waals surface area contributed by atoms with E-state index < -0.39 is 5.92 Å². The highest BCUT2D eigenvalue weighted by atomic mass is 32.2. The number of carbonyl (C=O) groups excluding carboxylic acids is 1. The molecule has 1 amide bonds. The van der Waals surface area contributed by atoms with Gasteiger partial charge in [0.25, 0.3) is 5.56 Å². The topological polar surface area (TPSA) is 91.7 Å². The highest BCUT2D eigenvalue weighted by Gasteiger charge is 2.33. The van der Waals surface area contributed by atoms with Gasteiger partial charge < -0.3 is 24.1 Å². The summed E-state index contributed by atoms with van der Waals surface area (Å²) in [5, 5.41) is 3.40. The zero-order chi connectivity index (χ0) is 20.4. The molecule has 28 heavy (non-hydrogen) atoms. The molecule has 0 radical (unpaired) electrons. The fraction of sp³-hybridized carbons (Fsp3) is 0.421. The van der Waals surface area contributed by atoms with Crippen LogP contribution in [0, 0.1) is 0 Å². The van der Waals surface area contributed by atoms with Crippen LogP contribution in [0.2, 0.25) is 0 Å². The Morgan fingerprint density at radius 2 is 1.82 bits per heavy atom. The number of benzene rings is 1. The number of nitrogens with one attached hydrogen (secondary N) is 1. The second-order valence-electron chi connectivity index (χ2n) is 6.22. The van der Waals surface area contributed by atoms with Crippen molar-refractivity contribution in [2.45, 2.75) is 24.4 Å². The summed E-state index contributed by atoms with van der Waals surface area (Å²) in [4.78, 5) is 29.5. The van der Waals surface area contributed by atoms with Crippen molar-refractivity contribution in [1.82, 2.24) is 9.55 Å². The van der Waals surface area contributed by atoms with Gasteiger partial charge in [-0.05, 0) is 23.4 Å². The van der Waals surface area contributed by atoms with Gasteiger partial charge in [-0.25, -0.2) is 0 Å². The first kappa shape index (κ1) is 20.1. The number of hydrogen-bond donors (Lipinski definition) is 1. The number of nitrogens with zero attached hydrogens (tertiary/aromatic N) is 2. The highest BCUT2D eigenvalue weighted by Crippen LogP contribution is 2.43. The summed E-state index contributed by atoms with van der Waals surface area (Å²) in [6.45, 7) is 1.98. The Morgan fingerprint density at radius 1 is 1.18 bits per heavy atom. The molecule has 2 heterocycles. The van der Waals surface area contributed by atoms with E-state index in [0.717, 1.165) is 11.3 Å². The molecule has 9 heteroatoms. The van der Waals surface area contributed by atoms with E-state index in [9.17, 15) is 9.59 Å². The van der Waals surface area contributed by atoms with Crippen LogP contribution >= 0.6 is 11.8 Å². The van der Waals surface area contributed by atoms with Crippen molar-refractivity contribution in [1.29, 1.82) is 0 Å². The highest BCUT2D eigenvalue weighted by molar-refractivity contribution is 7.99. The molecule has 1 N–H and O–H groups in total. The van der Waals surface area contributed by atoms with Gasteiger partial charge in [0.2, 0.25) is 11.7 Å². The third-order valence-electron chi connectivity index (χ3n) is 4.66. The number of carbonyl (C=O) groups is 1. The first-order valence-corrected chi connectivity index (χ1v) is 9.77. The fourth-order valence-corrected chi connectivity index (χ4v) is 4.07. The van der Waals surface area contributed by atoms with Crippen molar-refractivity contribution in [3.05, 3.63) is 33.6 Å². The number of rotatable bonds is 6. The van der Waals surface area contributed by atoms with Crippen LogP contribution in [0.25, 0.3) is 0 Å². The van der Waals surface area contributed by atoms with Crippen molar-refractivity contribution in [2.75, 3.05) is 32.4 Å². The van der Waals surface area contributed by atoms with Gasteiger partial charge in [0.15, 0.2) is 16.7 Å². The predicted octanol–water partition coefficient (Wildman–Crippen LogP) is 2.39. The van der Waals surface area contributed by atoms with E-state index in [-0.39, 0.29) is 17.9 Å². The molecule has 1 aromatic carbocycles. The quantitative estimate of drug-likeness (QED) is 0.583. The van der Waals surface area contributed by atoms with Gasteiger partial charge in [-0.1, -0.05) is 18.7 Å². The summed E-state index contributed by atoms with van der Waals surface area (Å²) in [6, 6.07) is 3.53.